The average molecular weight is 281 g/mol. The van der Waals surface area contributed by atoms with Crippen LogP contribution in [-0.4, -0.2) is 7.11 Å². The summed E-state index contributed by atoms with van der Waals surface area (Å²) in [6, 6.07) is 13.6. The number of rotatable bonds is 3. The Hall–Kier alpha value is -1.18. The predicted octanol–water partition coefficient (Wildman–Crippen LogP) is 4.99. The van der Waals surface area contributed by atoms with Gasteiger partial charge in [-0.2, -0.15) is 0 Å². The maximum Gasteiger partial charge on any atom is 0.123 e. The van der Waals surface area contributed by atoms with Crippen LogP contribution in [0.4, 0.5) is 0 Å². The average Bonchev–Trinajstić information content (AvgIpc) is 2.38. The van der Waals surface area contributed by atoms with Gasteiger partial charge in [-0.3, -0.25) is 0 Å². The van der Waals surface area contributed by atoms with Crippen molar-refractivity contribution in [2.45, 2.75) is 12.3 Å². The van der Waals surface area contributed by atoms with Gasteiger partial charge < -0.3 is 4.74 Å². The van der Waals surface area contributed by atoms with E-state index in [-0.39, 0.29) is 5.38 Å². The number of alkyl halides is 1. The fourth-order valence-electron chi connectivity index (χ4n) is 1.90. The Morgan fingerprint density at radius 3 is 2.56 bits per heavy atom. The van der Waals surface area contributed by atoms with E-state index in [0.717, 1.165) is 22.4 Å². The molecule has 18 heavy (non-hydrogen) atoms. The van der Waals surface area contributed by atoms with Gasteiger partial charge in [-0.25, -0.2) is 0 Å². The molecule has 3 heteroatoms. The minimum Gasteiger partial charge on any atom is -0.496 e. The molecule has 0 N–H and O–H groups in total. The van der Waals surface area contributed by atoms with Crippen LogP contribution >= 0.6 is 23.2 Å². The second-order valence-corrected chi connectivity index (χ2v) is 5.04. The Labute approximate surface area is 117 Å². The highest BCUT2D eigenvalue weighted by molar-refractivity contribution is 6.30. The summed E-state index contributed by atoms with van der Waals surface area (Å²) in [6.45, 7) is 2.03. The number of aryl methyl sites for hydroxylation is 1. The predicted molar refractivity (Wildman–Crippen MR) is 76.9 cm³/mol. The van der Waals surface area contributed by atoms with Gasteiger partial charge in [0, 0.05) is 10.6 Å². The third-order valence-electron chi connectivity index (χ3n) is 2.80. The van der Waals surface area contributed by atoms with Crippen LogP contribution in [0.5, 0.6) is 5.75 Å². The van der Waals surface area contributed by atoms with Crippen molar-refractivity contribution in [3.63, 3.8) is 0 Å². The van der Waals surface area contributed by atoms with Gasteiger partial charge in [0.15, 0.2) is 0 Å². The Morgan fingerprint density at radius 1 is 1.11 bits per heavy atom. The summed E-state index contributed by atoms with van der Waals surface area (Å²) in [5, 5.41) is 0.420. The summed E-state index contributed by atoms with van der Waals surface area (Å²) >= 11 is 12.5. The quantitative estimate of drug-likeness (QED) is 0.720. The highest BCUT2D eigenvalue weighted by Gasteiger charge is 2.16. The van der Waals surface area contributed by atoms with E-state index in [4.69, 9.17) is 27.9 Å². The number of ether oxygens (including phenoxy) is 1. The van der Waals surface area contributed by atoms with E-state index in [1.165, 1.54) is 0 Å². The van der Waals surface area contributed by atoms with Gasteiger partial charge in [0.1, 0.15) is 5.75 Å². The van der Waals surface area contributed by atoms with Crippen LogP contribution in [0.25, 0.3) is 0 Å². The smallest absolute Gasteiger partial charge is 0.123 e. The van der Waals surface area contributed by atoms with E-state index in [1.807, 2.05) is 49.4 Å². The van der Waals surface area contributed by atoms with Crippen molar-refractivity contribution < 1.29 is 4.74 Å². The minimum atomic E-state index is -0.265. The first-order chi connectivity index (χ1) is 8.61. The van der Waals surface area contributed by atoms with Crippen LogP contribution in [0.1, 0.15) is 22.1 Å². The molecule has 0 aliphatic carbocycles. The molecule has 0 heterocycles. The monoisotopic (exact) mass is 280 g/mol. The van der Waals surface area contributed by atoms with Gasteiger partial charge >= 0.3 is 0 Å². The largest absolute Gasteiger partial charge is 0.496 e. The number of benzene rings is 2. The maximum atomic E-state index is 6.52. The van der Waals surface area contributed by atoms with Crippen LogP contribution in [0, 0.1) is 6.92 Å². The van der Waals surface area contributed by atoms with Gasteiger partial charge in [0.25, 0.3) is 0 Å². The fourth-order valence-corrected chi connectivity index (χ4v) is 2.40. The molecule has 0 aromatic heterocycles. The number of halogens is 2. The molecule has 1 atom stereocenters. The number of methoxy groups -OCH3 is 1. The molecule has 0 saturated carbocycles. The molecule has 1 unspecified atom stereocenters. The lowest BCUT2D eigenvalue weighted by atomic mass is 10.0. The molecule has 0 bridgehead atoms. The molecule has 1 nitrogen and oxygen atoms in total. The van der Waals surface area contributed by atoms with E-state index in [0.29, 0.717) is 5.02 Å². The lowest BCUT2D eigenvalue weighted by molar-refractivity contribution is 0.410. The van der Waals surface area contributed by atoms with E-state index >= 15 is 0 Å². The molecule has 0 saturated heterocycles. The van der Waals surface area contributed by atoms with Crippen LogP contribution in [0.15, 0.2) is 42.5 Å². The molecule has 94 valence electrons. The Bertz CT molecular complexity index is 552. The van der Waals surface area contributed by atoms with Crippen molar-refractivity contribution in [1.29, 1.82) is 0 Å². The summed E-state index contributed by atoms with van der Waals surface area (Å²) in [5.41, 5.74) is 3.08. The van der Waals surface area contributed by atoms with Crippen molar-refractivity contribution in [2.24, 2.45) is 0 Å². The molecule has 2 aromatic carbocycles. The first kappa shape index (κ1) is 13.3. The molecule has 0 aliphatic heterocycles. The molecule has 0 fully saturated rings. The van der Waals surface area contributed by atoms with Crippen molar-refractivity contribution in [2.75, 3.05) is 7.11 Å². The molecule has 0 amide bonds. The van der Waals surface area contributed by atoms with Crippen molar-refractivity contribution in [1.82, 2.24) is 0 Å². The third-order valence-corrected chi connectivity index (χ3v) is 3.52. The lowest BCUT2D eigenvalue weighted by Crippen LogP contribution is -1.98. The van der Waals surface area contributed by atoms with Crippen LogP contribution in [0.3, 0.4) is 0 Å². The second kappa shape index (κ2) is 5.64. The third kappa shape index (κ3) is 2.80. The van der Waals surface area contributed by atoms with Crippen molar-refractivity contribution in [3.05, 3.63) is 64.2 Å². The van der Waals surface area contributed by atoms with Gasteiger partial charge in [-0.1, -0.05) is 41.4 Å². The van der Waals surface area contributed by atoms with Gasteiger partial charge in [-0.15, -0.1) is 11.6 Å². The highest BCUT2D eigenvalue weighted by Crippen LogP contribution is 2.36. The van der Waals surface area contributed by atoms with Crippen LogP contribution in [0.2, 0.25) is 5.02 Å². The van der Waals surface area contributed by atoms with E-state index in [2.05, 4.69) is 0 Å². The molecular formula is C15H14Cl2O. The van der Waals surface area contributed by atoms with Gasteiger partial charge in [-0.05, 0) is 30.7 Å². The van der Waals surface area contributed by atoms with Gasteiger partial charge in [0.05, 0.1) is 12.5 Å². The topological polar surface area (TPSA) is 9.23 Å². The zero-order chi connectivity index (χ0) is 13.1. The molecule has 0 radical (unpaired) electrons. The zero-order valence-corrected chi connectivity index (χ0v) is 11.8. The summed E-state index contributed by atoms with van der Waals surface area (Å²) in [4.78, 5) is 0. The Kier molecular flexibility index (Phi) is 4.15. The molecule has 0 aliphatic rings. The Morgan fingerprint density at radius 2 is 1.89 bits per heavy atom. The number of hydrogen-bond donors (Lipinski definition) is 0. The molecular weight excluding hydrogens is 267 g/mol. The maximum absolute atomic E-state index is 6.52. The van der Waals surface area contributed by atoms with Crippen LogP contribution < -0.4 is 4.74 Å². The molecule has 2 rings (SSSR count). The van der Waals surface area contributed by atoms with Crippen molar-refractivity contribution >= 4 is 23.2 Å². The molecule has 0 spiro atoms. The summed E-state index contributed by atoms with van der Waals surface area (Å²) in [6.07, 6.45) is 0. The standard InChI is InChI=1S/C15H14Cl2O/c1-10-6-7-14(18-2)13(8-10)15(17)11-4-3-5-12(16)9-11/h3-9,15H,1-2H3. The summed E-state index contributed by atoms with van der Waals surface area (Å²) in [7, 11) is 1.65. The fraction of sp³-hybridized carbons (Fsp3) is 0.200. The summed E-state index contributed by atoms with van der Waals surface area (Å²) in [5.74, 6) is 0.792. The Balaban J connectivity index is 2.44. The SMILES string of the molecule is COc1ccc(C)cc1C(Cl)c1cccc(Cl)c1. The number of hydrogen-bond acceptors (Lipinski definition) is 1. The molecule has 2 aromatic rings. The minimum absolute atomic E-state index is 0.265. The van der Waals surface area contributed by atoms with E-state index in [1.54, 1.807) is 7.11 Å². The van der Waals surface area contributed by atoms with Crippen molar-refractivity contribution in [3.8, 4) is 5.75 Å². The van der Waals surface area contributed by atoms with Gasteiger partial charge in [0.2, 0.25) is 0 Å². The first-order valence-corrected chi connectivity index (χ1v) is 6.47. The second-order valence-electron chi connectivity index (χ2n) is 4.16. The van der Waals surface area contributed by atoms with E-state index in [9.17, 15) is 0 Å². The lowest BCUT2D eigenvalue weighted by Gasteiger charge is -2.15. The highest BCUT2D eigenvalue weighted by atomic mass is 35.5. The van der Waals surface area contributed by atoms with E-state index < -0.39 is 0 Å². The first-order valence-electron chi connectivity index (χ1n) is 5.66. The van der Waals surface area contributed by atoms with Crippen LogP contribution in [-0.2, 0) is 0 Å². The zero-order valence-electron chi connectivity index (χ0n) is 10.3. The summed E-state index contributed by atoms with van der Waals surface area (Å²) < 4.78 is 5.36. The normalized spacial score (nSPS) is 12.2.